The molecule has 0 aliphatic carbocycles. The molecule has 1 atom stereocenters. The standard InChI is InChI=1S/C14H16N2O2.ClH/c1-9(16-14(17)11-7-15-8-11)13-6-10-4-2-3-5-12(10)18-13;/h2-6,9,11,15H,7-8H2,1H3,(H,16,17);1H. The number of hydrogen-bond acceptors (Lipinski definition) is 3. The first-order chi connectivity index (χ1) is 8.74. The van der Waals surface area contributed by atoms with Gasteiger partial charge in [-0.2, -0.15) is 0 Å². The maximum Gasteiger partial charge on any atom is 0.226 e. The highest BCUT2D eigenvalue weighted by atomic mass is 35.5. The molecule has 3 rings (SSSR count). The number of fused-ring (bicyclic) bond motifs is 1. The molecule has 1 aromatic heterocycles. The zero-order chi connectivity index (χ0) is 12.5. The van der Waals surface area contributed by atoms with Crippen LogP contribution in [0.4, 0.5) is 0 Å². The third kappa shape index (κ3) is 2.74. The maximum absolute atomic E-state index is 11.8. The van der Waals surface area contributed by atoms with Gasteiger partial charge in [0.25, 0.3) is 0 Å². The van der Waals surface area contributed by atoms with Crippen LogP contribution in [0.3, 0.4) is 0 Å². The van der Waals surface area contributed by atoms with Gasteiger partial charge in [0, 0.05) is 18.5 Å². The fourth-order valence-corrected chi connectivity index (χ4v) is 2.09. The molecule has 1 aliphatic heterocycles. The molecule has 1 amide bonds. The van der Waals surface area contributed by atoms with Crippen LogP contribution in [0.2, 0.25) is 0 Å². The lowest BCUT2D eigenvalue weighted by atomic mass is 10.0. The summed E-state index contributed by atoms with van der Waals surface area (Å²) in [7, 11) is 0. The molecule has 0 radical (unpaired) electrons. The van der Waals surface area contributed by atoms with E-state index in [1.807, 2.05) is 37.3 Å². The van der Waals surface area contributed by atoms with Crippen molar-refractivity contribution >= 4 is 29.3 Å². The summed E-state index contributed by atoms with van der Waals surface area (Å²) in [5.41, 5.74) is 0.860. The third-order valence-electron chi connectivity index (χ3n) is 3.38. The quantitative estimate of drug-likeness (QED) is 0.907. The number of nitrogens with one attached hydrogen (secondary N) is 2. The number of halogens is 1. The summed E-state index contributed by atoms with van der Waals surface area (Å²) in [4.78, 5) is 11.8. The van der Waals surface area contributed by atoms with Crippen molar-refractivity contribution in [3.8, 4) is 0 Å². The molecule has 102 valence electrons. The van der Waals surface area contributed by atoms with Crippen molar-refractivity contribution < 1.29 is 9.21 Å². The van der Waals surface area contributed by atoms with E-state index >= 15 is 0 Å². The predicted octanol–water partition coefficient (Wildman–Crippen LogP) is 2.25. The van der Waals surface area contributed by atoms with Crippen molar-refractivity contribution in [3.63, 3.8) is 0 Å². The Morgan fingerprint density at radius 1 is 1.42 bits per heavy atom. The largest absolute Gasteiger partial charge is 0.459 e. The van der Waals surface area contributed by atoms with Gasteiger partial charge in [-0.1, -0.05) is 18.2 Å². The van der Waals surface area contributed by atoms with Crippen LogP contribution in [0.15, 0.2) is 34.7 Å². The molecule has 19 heavy (non-hydrogen) atoms. The Labute approximate surface area is 118 Å². The Morgan fingerprint density at radius 3 is 2.79 bits per heavy atom. The first kappa shape index (κ1) is 13.9. The maximum atomic E-state index is 11.8. The molecule has 1 unspecified atom stereocenters. The van der Waals surface area contributed by atoms with Gasteiger partial charge in [0.1, 0.15) is 11.3 Å². The van der Waals surface area contributed by atoms with E-state index in [9.17, 15) is 4.79 Å². The second kappa shape index (κ2) is 5.63. The molecule has 1 fully saturated rings. The summed E-state index contributed by atoms with van der Waals surface area (Å²) < 4.78 is 5.73. The molecule has 4 nitrogen and oxygen atoms in total. The van der Waals surface area contributed by atoms with E-state index in [-0.39, 0.29) is 30.3 Å². The summed E-state index contributed by atoms with van der Waals surface area (Å²) >= 11 is 0. The van der Waals surface area contributed by atoms with Crippen molar-refractivity contribution in [1.29, 1.82) is 0 Å². The number of carbonyl (C=O) groups excluding carboxylic acids is 1. The van der Waals surface area contributed by atoms with Crippen LogP contribution < -0.4 is 10.6 Å². The highest BCUT2D eigenvalue weighted by Crippen LogP contribution is 2.23. The lowest BCUT2D eigenvalue weighted by molar-refractivity contribution is -0.127. The van der Waals surface area contributed by atoms with Crippen molar-refractivity contribution in [3.05, 3.63) is 36.1 Å². The van der Waals surface area contributed by atoms with Gasteiger partial charge >= 0.3 is 0 Å². The predicted molar refractivity (Wildman–Crippen MR) is 76.4 cm³/mol. The van der Waals surface area contributed by atoms with Crippen LogP contribution in [-0.4, -0.2) is 19.0 Å². The van der Waals surface area contributed by atoms with Crippen molar-refractivity contribution in [2.45, 2.75) is 13.0 Å². The molecule has 2 heterocycles. The second-order valence-corrected chi connectivity index (χ2v) is 4.77. The lowest BCUT2D eigenvalue weighted by Gasteiger charge is -2.27. The van der Waals surface area contributed by atoms with E-state index in [4.69, 9.17) is 4.42 Å². The minimum atomic E-state index is -0.0921. The van der Waals surface area contributed by atoms with Gasteiger partial charge in [0.15, 0.2) is 0 Å². The number of amides is 1. The normalized spacial score (nSPS) is 16.5. The number of rotatable bonds is 3. The van der Waals surface area contributed by atoms with Gasteiger partial charge in [-0.15, -0.1) is 12.4 Å². The zero-order valence-corrected chi connectivity index (χ0v) is 11.5. The van der Waals surface area contributed by atoms with Gasteiger partial charge in [0.2, 0.25) is 5.91 Å². The van der Waals surface area contributed by atoms with E-state index in [1.54, 1.807) is 0 Å². The SMILES string of the molecule is CC(NC(=O)C1CNC1)c1cc2ccccc2o1.Cl. The smallest absolute Gasteiger partial charge is 0.226 e. The Kier molecular flexibility index (Phi) is 4.12. The van der Waals surface area contributed by atoms with Crippen molar-refractivity contribution in [2.24, 2.45) is 5.92 Å². The summed E-state index contributed by atoms with van der Waals surface area (Å²) in [6.45, 7) is 3.50. The molecule has 2 aromatic rings. The molecule has 5 heteroatoms. The first-order valence-corrected chi connectivity index (χ1v) is 6.23. The fraction of sp³-hybridized carbons (Fsp3) is 0.357. The van der Waals surface area contributed by atoms with E-state index in [2.05, 4.69) is 10.6 Å². The van der Waals surface area contributed by atoms with Gasteiger partial charge in [-0.25, -0.2) is 0 Å². The molecule has 1 aromatic carbocycles. The fourth-order valence-electron chi connectivity index (χ4n) is 2.09. The summed E-state index contributed by atoms with van der Waals surface area (Å²) in [5, 5.41) is 7.15. The summed E-state index contributed by atoms with van der Waals surface area (Å²) in [6.07, 6.45) is 0. The average Bonchev–Trinajstić information content (AvgIpc) is 2.69. The van der Waals surface area contributed by atoms with E-state index < -0.39 is 0 Å². The van der Waals surface area contributed by atoms with E-state index in [0.29, 0.717) is 0 Å². The van der Waals surface area contributed by atoms with Crippen LogP contribution in [0.5, 0.6) is 0 Å². The minimum absolute atomic E-state index is 0. The van der Waals surface area contributed by atoms with Gasteiger partial charge in [0.05, 0.1) is 12.0 Å². The van der Waals surface area contributed by atoms with Crippen molar-refractivity contribution in [2.75, 3.05) is 13.1 Å². The molecule has 1 saturated heterocycles. The van der Waals surface area contributed by atoms with Crippen LogP contribution >= 0.6 is 12.4 Å². The van der Waals surface area contributed by atoms with Gasteiger partial charge < -0.3 is 15.1 Å². The number of carbonyl (C=O) groups is 1. The van der Waals surface area contributed by atoms with E-state index in [1.165, 1.54) is 0 Å². The van der Waals surface area contributed by atoms with Gasteiger partial charge in [-0.05, 0) is 19.1 Å². The number of hydrogen-bond donors (Lipinski definition) is 2. The Hall–Kier alpha value is -1.52. The molecular weight excluding hydrogens is 264 g/mol. The van der Waals surface area contributed by atoms with Crippen LogP contribution in [0.1, 0.15) is 18.7 Å². The van der Waals surface area contributed by atoms with Crippen molar-refractivity contribution in [1.82, 2.24) is 10.6 Å². The highest BCUT2D eigenvalue weighted by molar-refractivity contribution is 5.85. The average molecular weight is 281 g/mol. The zero-order valence-electron chi connectivity index (χ0n) is 10.7. The first-order valence-electron chi connectivity index (χ1n) is 6.23. The Morgan fingerprint density at radius 2 is 2.16 bits per heavy atom. The minimum Gasteiger partial charge on any atom is -0.459 e. The van der Waals surface area contributed by atoms with Crippen LogP contribution in [0, 0.1) is 5.92 Å². The van der Waals surface area contributed by atoms with E-state index in [0.717, 1.165) is 29.8 Å². The van der Waals surface area contributed by atoms with Crippen LogP contribution in [-0.2, 0) is 4.79 Å². The lowest BCUT2D eigenvalue weighted by Crippen LogP contribution is -2.51. The topological polar surface area (TPSA) is 54.3 Å². The molecular formula is C14H17ClN2O2. The monoisotopic (exact) mass is 280 g/mol. The summed E-state index contributed by atoms with van der Waals surface area (Å²) in [6, 6.07) is 9.75. The molecule has 2 N–H and O–H groups in total. The Balaban J connectivity index is 0.00000133. The number of furan rings is 1. The number of benzene rings is 1. The molecule has 0 spiro atoms. The molecule has 0 saturated carbocycles. The Bertz CT molecular complexity index is 545. The van der Waals surface area contributed by atoms with Gasteiger partial charge in [-0.3, -0.25) is 4.79 Å². The highest BCUT2D eigenvalue weighted by Gasteiger charge is 2.26. The molecule has 1 aliphatic rings. The number of para-hydroxylation sites is 1. The second-order valence-electron chi connectivity index (χ2n) is 4.77. The molecule has 0 bridgehead atoms. The third-order valence-corrected chi connectivity index (χ3v) is 3.38. The van der Waals surface area contributed by atoms with Crippen LogP contribution in [0.25, 0.3) is 11.0 Å². The summed E-state index contributed by atoms with van der Waals surface area (Å²) in [5.74, 6) is 1.01.